The molecule has 1 heterocycles. The molecule has 9 heteroatoms. The van der Waals surface area contributed by atoms with Crippen molar-refractivity contribution in [1.29, 1.82) is 0 Å². The first-order valence-electron chi connectivity index (χ1n) is 6.98. The van der Waals surface area contributed by atoms with E-state index in [2.05, 4.69) is 10.6 Å². The molecule has 0 bridgehead atoms. The van der Waals surface area contributed by atoms with Gasteiger partial charge in [0.15, 0.2) is 5.11 Å². The molecule has 0 spiro atoms. The van der Waals surface area contributed by atoms with Crippen LogP contribution < -0.4 is 10.6 Å². The van der Waals surface area contributed by atoms with Crippen LogP contribution >= 0.6 is 23.6 Å². The molecule has 126 valence electrons. The van der Waals surface area contributed by atoms with Crippen molar-refractivity contribution in [2.75, 3.05) is 17.7 Å². The molecule has 7 nitrogen and oxygen atoms in total. The van der Waals surface area contributed by atoms with Crippen LogP contribution in [0.3, 0.4) is 0 Å². The number of anilines is 2. The second-order valence-electron chi connectivity index (χ2n) is 4.65. The number of ether oxygens (including phenoxy) is 1. The number of nitrogens with one attached hydrogen (secondary N) is 2. The molecule has 1 aromatic heterocycles. The number of methoxy groups -OCH3 is 1. The highest BCUT2D eigenvalue weighted by molar-refractivity contribution is 7.80. The third-order valence-electron chi connectivity index (χ3n) is 3.11. The van der Waals surface area contributed by atoms with Crippen LogP contribution in [0.2, 0.25) is 0 Å². The van der Waals surface area contributed by atoms with Crippen molar-refractivity contribution < 1.29 is 14.5 Å². The molecule has 0 radical (unpaired) electrons. The SMILES string of the molecule is CCc1cc(C(=O)OC)c(NC(=S)Nc2ccccc2[N+](=O)[O-])s1. The summed E-state index contributed by atoms with van der Waals surface area (Å²) in [6.07, 6.45) is 0.765. The predicted molar refractivity (Wildman–Crippen MR) is 98.0 cm³/mol. The van der Waals surface area contributed by atoms with Gasteiger partial charge in [0.2, 0.25) is 0 Å². The number of nitrogens with zero attached hydrogens (tertiary/aromatic N) is 1. The fourth-order valence-electron chi connectivity index (χ4n) is 1.97. The smallest absolute Gasteiger partial charge is 0.340 e. The van der Waals surface area contributed by atoms with Crippen molar-refractivity contribution in [3.63, 3.8) is 0 Å². The van der Waals surface area contributed by atoms with E-state index in [-0.39, 0.29) is 16.5 Å². The molecule has 24 heavy (non-hydrogen) atoms. The van der Waals surface area contributed by atoms with Crippen LogP contribution in [0.1, 0.15) is 22.2 Å². The Morgan fingerprint density at radius 3 is 2.71 bits per heavy atom. The van der Waals surface area contributed by atoms with Gasteiger partial charge in [-0.3, -0.25) is 10.1 Å². The zero-order chi connectivity index (χ0) is 17.7. The van der Waals surface area contributed by atoms with Gasteiger partial charge in [0.1, 0.15) is 10.7 Å². The summed E-state index contributed by atoms with van der Waals surface area (Å²) >= 11 is 6.58. The number of thiophene rings is 1. The van der Waals surface area contributed by atoms with Gasteiger partial charge in [-0.05, 0) is 30.8 Å². The number of aryl methyl sites for hydroxylation is 1. The lowest BCUT2D eigenvalue weighted by molar-refractivity contribution is -0.383. The topological polar surface area (TPSA) is 93.5 Å². The maximum absolute atomic E-state index is 11.8. The first-order chi connectivity index (χ1) is 11.5. The third kappa shape index (κ3) is 4.06. The quantitative estimate of drug-likeness (QED) is 0.360. The predicted octanol–water partition coefficient (Wildman–Crippen LogP) is 3.81. The number of carbonyl (C=O) groups excluding carboxylic acids is 1. The van der Waals surface area contributed by atoms with Crippen molar-refractivity contribution in [3.8, 4) is 0 Å². The number of hydrogen-bond donors (Lipinski definition) is 2. The Kier molecular flexibility index (Phi) is 5.83. The number of nitro benzene ring substituents is 1. The first-order valence-corrected chi connectivity index (χ1v) is 8.21. The minimum atomic E-state index is -0.495. The molecule has 0 aliphatic heterocycles. The van der Waals surface area contributed by atoms with E-state index in [9.17, 15) is 14.9 Å². The van der Waals surface area contributed by atoms with Crippen LogP contribution in [0.25, 0.3) is 0 Å². The Labute approximate surface area is 147 Å². The van der Waals surface area contributed by atoms with Crippen molar-refractivity contribution in [3.05, 3.63) is 50.9 Å². The van der Waals surface area contributed by atoms with Crippen LogP contribution in [0.4, 0.5) is 16.4 Å². The number of rotatable bonds is 5. The molecule has 0 aliphatic rings. The fraction of sp³-hybridized carbons (Fsp3) is 0.200. The Morgan fingerprint density at radius 2 is 2.08 bits per heavy atom. The minimum absolute atomic E-state index is 0.0877. The average molecular weight is 365 g/mol. The molecule has 0 saturated heterocycles. The Hall–Kier alpha value is -2.52. The van der Waals surface area contributed by atoms with Gasteiger partial charge in [-0.1, -0.05) is 19.1 Å². The van der Waals surface area contributed by atoms with Gasteiger partial charge in [0, 0.05) is 10.9 Å². The zero-order valence-electron chi connectivity index (χ0n) is 13.0. The molecule has 0 fully saturated rings. The lowest BCUT2D eigenvalue weighted by Crippen LogP contribution is -2.20. The minimum Gasteiger partial charge on any atom is -0.465 e. The summed E-state index contributed by atoms with van der Waals surface area (Å²) in [4.78, 5) is 23.4. The van der Waals surface area contributed by atoms with Crippen molar-refractivity contribution in [2.24, 2.45) is 0 Å². The number of esters is 1. The van der Waals surface area contributed by atoms with E-state index in [0.717, 1.165) is 11.3 Å². The van der Waals surface area contributed by atoms with Crippen LogP contribution in [-0.4, -0.2) is 23.1 Å². The maximum Gasteiger partial charge on any atom is 0.340 e. The van der Waals surface area contributed by atoms with Gasteiger partial charge < -0.3 is 15.4 Å². The summed E-state index contributed by atoms with van der Waals surface area (Å²) in [7, 11) is 1.30. The highest BCUT2D eigenvalue weighted by Gasteiger charge is 2.18. The number of hydrogen-bond acceptors (Lipinski definition) is 6. The number of carbonyl (C=O) groups is 1. The fourth-order valence-corrected chi connectivity index (χ4v) is 3.23. The lowest BCUT2D eigenvalue weighted by Gasteiger charge is -2.10. The van der Waals surface area contributed by atoms with E-state index in [0.29, 0.717) is 10.6 Å². The molecular formula is C15H15N3O4S2. The molecule has 0 unspecified atom stereocenters. The summed E-state index contributed by atoms with van der Waals surface area (Å²) < 4.78 is 4.76. The van der Waals surface area contributed by atoms with E-state index < -0.39 is 10.9 Å². The van der Waals surface area contributed by atoms with Crippen LogP contribution in [0.5, 0.6) is 0 Å². The molecule has 0 aliphatic carbocycles. The molecule has 0 amide bonds. The van der Waals surface area contributed by atoms with Gasteiger partial charge in [0.25, 0.3) is 5.69 Å². The van der Waals surface area contributed by atoms with Crippen molar-refractivity contribution >= 4 is 51.0 Å². The number of para-hydroxylation sites is 2. The Balaban J connectivity index is 2.20. The largest absolute Gasteiger partial charge is 0.465 e. The van der Waals surface area contributed by atoms with Gasteiger partial charge >= 0.3 is 5.97 Å². The highest BCUT2D eigenvalue weighted by atomic mass is 32.1. The molecule has 1 aromatic carbocycles. The van der Waals surface area contributed by atoms with Gasteiger partial charge in [-0.15, -0.1) is 11.3 Å². The van der Waals surface area contributed by atoms with E-state index in [4.69, 9.17) is 17.0 Å². The summed E-state index contributed by atoms with van der Waals surface area (Å²) in [6.45, 7) is 1.97. The van der Waals surface area contributed by atoms with Gasteiger partial charge in [-0.2, -0.15) is 0 Å². The molecule has 0 atom stereocenters. The first kappa shape index (κ1) is 17.8. The number of benzene rings is 1. The highest BCUT2D eigenvalue weighted by Crippen LogP contribution is 2.30. The second kappa shape index (κ2) is 7.84. The second-order valence-corrected chi connectivity index (χ2v) is 6.20. The van der Waals surface area contributed by atoms with Crippen molar-refractivity contribution in [2.45, 2.75) is 13.3 Å². The summed E-state index contributed by atoms with van der Waals surface area (Å²) in [5.74, 6) is -0.470. The normalized spacial score (nSPS) is 10.1. The van der Waals surface area contributed by atoms with E-state index in [1.807, 2.05) is 6.92 Å². The standard InChI is InChI=1S/C15H15N3O4S2/c1-3-9-8-10(14(19)22-2)13(24-9)17-15(23)16-11-6-4-5-7-12(11)18(20)21/h4-8H,3H2,1-2H3,(H2,16,17,23). The maximum atomic E-state index is 11.8. The molecule has 2 N–H and O–H groups in total. The molecule has 0 saturated carbocycles. The summed E-state index contributed by atoms with van der Waals surface area (Å²) in [6, 6.07) is 7.91. The molecular weight excluding hydrogens is 350 g/mol. The van der Waals surface area contributed by atoms with E-state index >= 15 is 0 Å². The lowest BCUT2D eigenvalue weighted by atomic mass is 10.2. The molecule has 2 rings (SSSR count). The average Bonchev–Trinajstić information content (AvgIpc) is 2.97. The van der Waals surface area contributed by atoms with E-state index in [1.54, 1.807) is 24.3 Å². The van der Waals surface area contributed by atoms with Crippen LogP contribution in [0, 0.1) is 10.1 Å². The van der Waals surface area contributed by atoms with E-state index in [1.165, 1.54) is 24.5 Å². The van der Waals surface area contributed by atoms with Crippen LogP contribution in [-0.2, 0) is 11.2 Å². The number of thiocarbonyl (C=S) groups is 1. The zero-order valence-corrected chi connectivity index (χ0v) is 14.6. The third-order valence-corrected chi connectivity index (χ3v) is 4.51. The summed E-state index contributed by atoms with van der Waals surface area (Å²) in [5.41, 5.74) is 0.563. The Morgan fingerprint density at radius 1 is 1.38 bits per heavy atom. The molecule has 2 aromatic rings. The number of nitro groups is 1. The van der Waals surface area contributed by atoms with Crippen molar-refractivity contribution in [1.82, 2.24) is 0 Å². The van der Waals surface area contributed by atoms with Gasteiger partial charge in [-0.25, -0.2) is 4.79 Å². The summed E-state index contributed by atoms with van der Waals surface area (Å²) in [5, 5.41) is 17.4. The van der Waals surface area contributed by atoms with Gasteiger partial charge in [0.05, 0.1) is 17.6 Å². The monoisotopic (exact) mass is 365 g/mol. The van der Waals surface area contributed by atoms with Crippen LogP contribution in [0.15, 0.2) is 30.3 Å². The Bertz CT molecular complexity index is 789.